The van der Waals surface area contributed by atoms with Crippen LogP contribution < -0.4 is 5.46 Å². The second kappa shape index (κ2) is 4.51. The summed E-state index contributed by atoms with van der Waals surface area (Å²) in [6.45, 7) is 10.2. The van der Waals surface area contributed by atoms with Crippen molar-refractivity contribution in [2.24, 2.45) is 0 Å². The SMILES string of the molecule is CCc1c(Cl)cncc1B1OC(C)(C)C(C)(C)O1. The van der Waals surface area contributed by atoms with E-state index in [1.54, 1.807) is 12.4 Å². The number of pyridine rings is 1. The van der Waals surface area contributed by atoms with E-state index in [0.29, 0.717) is 5.02 Å². The van der Waals surface area contributed by atoms with Crippen molar-refractivity contribution in [1.29, 1.82) is 0 Å². The predicted octanol–water partition coefficient (Wildman–Crippen LogP) is 2.60. The first-order chi connectivity index (χ1) is 8.28. The molecule has 2 heterocycles. The Morgan fingerprint density at radius 2 is 1.72 bits per heavy atom. The maximum absolute atomic E-state index is 6.18. The zero-order valence-electron chi connectivity index (χ0n) is 11.6. The molecule has 0 N–H and O–H groups in total. The first-order valence-electron chi connectivity index (χ1n) is 6.26. The van der Waals surface area contributed by atoms with Crippen molar-refractivity contribution in [3.05, 3.63) is 23.0 Å². The van der Waals surface area contributed by atoms with Gasteiger partial charge in [0, 0.05) is 17.9 Å². The molecule has 1 aliphatic rings. The first-order valence-corrected chi connectivity index (χ1v) is 6.64. The second-order valence-corrected chi connectivity index (χ2v) is 6.04. The van der Waals surface area contributed by atoms with Gasteiger partial charge in [0.25, 0.3) is 0 Å². The minimum atomic E-state index is -0.392. The number of nitrogens with zero attached hydrogens (tertiary/aromatic N) is 1. The monoisotopic (exact) mass is 267 g/mol. The van der Waals surface area contributed by atoms with E-state index in [1.807, 2.05) is 27.7 Å². The highest BCUT2D eigenvalue weighted by molar-refractivity contribution is 6.63. The summed E-state index contributed by atoms with van der Waals surface area (Å²) in [4.78, 5) is 4.14. The van der Waals surface area contributed by atoms with Crippen molar-refractivity contribution in [2.45, 2.75) is 52.2 Å². The van der Waals surface area contributed by atoms with Gasteiger partial charge in [0.15, 0.2) is 0 Å². The van der Waals surface area contributed by atoms with E-state index >= 15 is 0 Å². The first kappa shape index (κ1) is 13.8. The van der Waals surface area contributed by atoms with E-state index in [-0.39, 0.29) is 11.2 Å². The van der Waals surface area contributed by atoms with Crippen molar-refractivity contribution in [1.82, 2.24) is 4.98 Å². The Balaban J connectivity index is 2.38. The molecule has 0 spiro atoms. The number of rotatable bonds is 2. The second-order valence-electron chi connectivity index (χ2n) is 5.63. The fraction of sp³-hybridized carbons (Fsp3) is 0.615. The Morgan fingerprint density at radius 1 is 1.17 bits per heavy atom. The third-order valence-corrected chi connectivity index (χ3v) is 4.22. The highest BCUT2D eigenvalue weighted by Crippen LogP contribution is 2.36. The van der Waals surface area contributed by atoms with Crippen LogP contribution in [0.1, 0.15) is 40.2 Å². The summed E-state index contributed by atoms with van der Waals surface area (Å²) < 4.78 is 12.1. The van der Waals surface area contributed by atoms with Crippen LogP contribution in [-0.4, -0.2) is 23.3 Å². The van der Waals surface area contributed by atoms with E-state index < -0.39 is 7.12 Å². The lowest BCUT2D eigenvalue weighted by Crippen LogP contribution is -2.41. The van der Waals surface area contributed by atoms with Gasteiger partial charge >= 0.3 is 7.12 Å². The molecule has 0 unspecified atom stereocenters. The predicted molar refractivity (Wildman–Crippen MR) is 74.3 cm³/mol. The maximum Gasteiger partial charge on any atom is 0.496 e. The molecule has 0 aliphatic carbocycles. The Labute approximate surface area is 114 Å². The van der Waals surface area contributed by atoms with E-state index in [4.69, 9.17) is 20.9 Å². The van der Waals surface area contributed by atoms with Crippen LogP contribution in [0.3, 0.4) is 0 Å². The molecule has 0 atom stereocenters. The fourth-order valence-corrected chi connectivity index (χ4v) is 2.32. The van der Waals surface area contributed by atoms with Crippen LogP contribution in [0.25, 0.3) is 0 Å². The van der Waals surface area contributed by atoms with Crippen molar-refractivity contribution >= 4 is 24.2 Å². The topological polar surface area (TPSA) is 31.4 Å². The molecule has 0 aromatic carbocycles. The van der Waals surface area contributed by atoms with Gasteiger partial charge in [0.1, 0.15) is 0 Å². The standard InChI is InChI=1S/C13H19BClNO2/c1-6-9-10(7-16-8-11(9)15)14-17-12(2,3)13(4,5)18-14/h7-8H,6H2,1-5H3. The number of halogens is 1. The van der Waals surface area contributed by atoms with Gasteiger partial charge in [-0.05, 0) is 39.7 Å². The van der Waals surface area contributed by atoms with E-state index in [0.717, 1.165) is 17.4 Å². The van der Waals surface area contributed by atoms with Gasteiger partial charge in [0.05, 0.1) is 16.2 Å². The average molecular weight is 268 g/mol. The molecule has 1 fully saturated rings. The molecule has 1 aromatic heterocycles. The zero-order chi connectivity index (χ0) is 13.6. The smallest absolute Gasteiger partial charge is 0.399 e. The van der Waals surface area contributed by atoms with Crippen LogP contribution in [-0.2, 0) is 15.7 Å². The highest BCUT2D eigenvalue weighted by atomic mass is 35.5. The molecule has 2 rings (SSSR count). The highest BCUT2D eigenvalue weighted by Gasteiger charge is 2.52. The van der Waals surface area contributed by atoms with Gasteiger partial charge in [-0.25, -0.2) is 0 Å². The molecule has 1 aromatic rings. The van der Waals surface area contributed by atoms with Crippen molar-refractivity contribution < 1.29 is 9.31 Å². The van der Waals surface area contributed by atoms with E-state index in [9.17, 15) is 0 Å². The molecule has 0 radical (unpaired) electrons. The van der Waals surface area contributed by atoms with Gasteiger partial charge in [-0.1, -0.05) is 18.5 Å². The van der Waals surface area contributed by atoms with E-state index in [1.165, 1.54) is 0 Å². The summed E-state index contributed by atoms with van der Waals surface area (Å²) in [5.41, 5.74) is 1.30. The van der Waals surface area contributed by atoms with Gasteiger partial charge in [-0.15, -0.1) is 0 Å². The molecule has 0 amide bonds. The van der Waals surface area contributed by atoms with Crippen LogP contribution in [0.5, 0.6) is 0 Å². The molecule has 3 nitrogen and oxygen atoms in total. The van der Waals surface area contributed by atoms with Crippen molar-refractivity contribution in [3.63, 3.8) is 0 Å². The molecular weight excluding hydrogens is 248 g/mol. The van der Waals surface area contributed by atoms with Gasteiger partial charge in [-0.3, -0.25) is 4.98 Å². The van der Waals surface area contributed by atoms with Gasteiger partial charge < -0.3 is 9.31 Å². The largest absolute Gasteiger partial charge is 0.496 e. The lowest BCUT2D eigenvalue weighted by atomic mass is 9.76. The van der Waals surface area contributed by atoms with Crippen molar-refractivity contribution in [3.8, 4) is 0 Å². The normalized spacial score (nSPS) is 21.3. The van der Waals surface area contributed by atoms with E-state index in [2.05, 4.69) is 11.9 Å². The lowest BCUT2D eigenvalue weighted by molar-refractivity contribution is 0.00578. The Hall–Kier alpha value is -0.575. The number of hydrogen-bond donors (Lipinski definition) is 0. The summed E-state index contributed by atoms with van der Waals surface area (Å²) in [7, 11) is -0.392. The lowest BCUT2D eigenvalue weighted by Gasteiger charge is -2.32. The summed E-state index contributed by atoms with van der Waals surface area (Å²) in [6.07, 6.45) is 4.28. The number of aromatic nitrogens is 1. The molecule has 1 saturated heterocycles. The molecule has 5 heteroatoms. The summed E-state index contributed by atoms with van der Waals surface area (Å²) >= 11 is 6.18. The zero-order valence-corrected chi connectivity index (χ0v) is 12.3. The van der Waals surface area contributed by atoms with Crippen LogP contribution in [0.15, 0.2) is 12.4 Å². The third-order valence-electron chi connectivity index (χ3n) is 3.90. The summed E-state index contributed by atoms with van der Waals surface area (Å²) in [5.74, 6) is 0. The maximum atomic E-state index is 6.18. The molecule has 0 bridgehead atoms. The third kappa shape index (κ3) is 2.17. The van der Waals surface area contributed by atoms with Crippen LogP contribution >= 0.6 is 11.6 Å². The van der Waals surface area contributed by atoms with Gasteiger partial charge in [-0.2, -0.15) is 0 Å². The average Bonchev–Trinajstić information content (AvgIpc) is 2.47. The molecule has 98 valence electrons. The minimum Gasteiger partial charge on any atom is -0.399 e. The minimum absolute atomic E-state index is 0.342. The fourth-order valence-electron chi connectivity index (χ4n) is 2.02. The molecular formula is C13H19BClNO2. The molecule has 0 saturated carbocycles. The molecule has 1 aliphatic heterocycles. The summed E-state index contributed by atoms with van der Waals surface area (Å²) in [6, 6.07) is 0. The molecule has 18 heavy (non-hydrogen) atoms. The van der Waals surface area contributed by atoms with Crippen LogP contribution in [0.4, 0.5) is 0 Å². The van der Waals surface area contributed by atoms with Crippen LogP contribution in [0.2, 0.25) is 5.02 Å². The van der Waals surface area contributed by atoms with Crippen LogP contribution in [0, 0.1) is 0 Å². The number of hydrogen-bond acceptors (Lipinski definition) is 3. The Bertz CT molecular complexity index is 446. The van der Waals surface area contributed by atoms with Gasteiger partial charge in [0.2, 0.25) is 0 Å². The summed E-state index contributed by atoms with van der Waals surface area (Å²) in [5, 5.41) is 0.671. The Kier molecular flexibility index (Phi) is 3.47. The van der Waals surface area contributed by atoms with Crippen molar-refractivity contribution in [2.75, 3.05) is 0 Å². The quantitative estimate of drug-likeness (QED) is 0.772. The Morgan fingerprint density at radius 3 is 2.22 bits per heavy atom.